The van der Waals surface area contributed by atoms with Gasteiger partial charge >= 0.3 is 23.7 Å². The summed E-state index contributed by atoms with van der Waals surface area (Å²) in [6, 6.07) is 0. The van der Waals surface area contributed by atoms with E-state index in [4.69, 9.17) is 0 Å². The molecule has 0 aromatic rings. The van der Waals surface area contributed by atoms with Crippen LogP contribution in [0.25, 0.3) is 0 Å². The zero-order valence-corrected chi connectivity index (χ0v) is 9.62. The third-order valence-electron chi connectivity index (χ3n) is 1.29. The average molecular weight is 342 g/mol. The van der Waals surface area contributed by atoms with Gasteiger partial charge in [-0.3, -0.25) is 0 Å². The summed E-state index contributed by atoms with van der Waals surface area (Å²) in [6.07, 6.45) is -13.5. The van der Waals surface area contributed by atoms with Crippen molar-refractivity contribution in [3.8, 4) is 0 Å². The molecule has 0 aromatic carbocycles. The molecule has 0 heterocycles. The second kappa shape index (κ2) is 5.32. The summed E-state index contributed by atoms with van der Waals surface area (Å²) in [5, 5.41) is 0.905. The number of thiocarbonyl (C=S) groups is 1. The van der Waals surface area contributed by atoms with Gasteiger partial charge in [0, 0.05) is 0 Å². The molecule has 2 nitrogen and oxygen atoms in total. The van der Waals surface area contributed by atoms with Crippen LogP contribution in [-0.2, 0) is 10.9 Å². The molecular weight excluding hydrogens is 342 g/mol. The van der Waals surface area contributed by atoms with Crippen LogP contribution in [0, 0.1) is 0 Å². The number of isothiocyanates is 1. The van der Waals surface area contributed by atoms with Crippen LogP contribution in [0.3, 0.4) is 0 Å². The van der Waals surface area contributed by atoms with Gasteiger partial charge in [-0.05, 0) is 12.2 Å². The minimum absolute atomic E-state index is 0.905. The third kappa shape index (κ3) is 4.11. The lowest BCUT2D eigenvalue weighted by Gasteiger charge is -2.26. The lowest BCUT2D eigenvalue weighted by atomic mass is 10.2. The smallest absolute Gasteiger partial charge is 0.196 e. The molecule has 112 valence electrons. The first-order chi connectivity index (χ1) is 8.17. The maximum atomic E-state index is 12.9. The van der Waals surface area contributed by atoms with Gasteiger partial charge in [0.2, 0.25) is 0 Å². The fourth-order valence-corrected chi connectivity index (χ4v) is 1.52. The number of halogens is 10. The van der Waals surface area contributed by atoms with E-state index in [-0.39, 0.29) is 0 Å². The lowest BCUT2D eigenvalue weighted by molar-refractivity contribution is -0.337. The molecule has 0 radical (unpaired) electrons. The Morgan fingerprint density at radius 1 is 0.789 bits per heavy atom. The first kappa shape index (κ1) is 18.2. The Hall–Kier alpha value is -0.750. The molecular formula is C5F10N2S2. The molecule has 0 aliphatic rings. The highest BCUT2D eigenvalue weighted by Crippen LogP contribution is 2.48. The molecule has 0 aliphatic carbocycles. The van der Waals surface area contributed by atoms with Gasteiger partial charge in [-0.25, -0.2) is 0 Å². The Morgan fingerprint density at radius 2 is 1.16 bits per heavy atom. The van der Waals surface area contributed by atoms with Gasteiger partial charge < -0.3 is 0 Å². The minimum atomic E-state index is -6.74. The number of alkyl halides is 10. The number of hydrogen-bond donors (Lipinski definition) is 0. The second-order valence-corrected chi connectivity index (χ2v) is 4.14. The zero-order valence-electron chi connectivity index (χ0n) is 7.99. The van der Waals surface area contributed by atoms with E-state index in [2.05, 4.69) is 12.2 Å². The Morgan fingerprint density at radius 3 is 1.37 bits per heavy atom. The molecule has 0 saturated heterocycles. The monoisotopic (exact) mass is 342 g/mol. The van der Waals surface area contributed by atoms with Crippen LogP contribution >= 0.6 is 12.2 Å². The third-order valence-corrected chi connectivity index (χ3v) is 2.60. The Kier molecular flexibility index (Phi) is 5.11. The topological polar surface area (TPSA) is 24.7 Å². The maximum absolute atomic E-state index is 12.9. The summed E-state index contributed by atoms with van der Waals surface area (Å²) < 4.78 is 124. The van der Waals surface area contributed by atoms with E-state index in [0.29, 0.717) is 0 Å². The SMILES string of the molecule is FC(F)(F)S(N=C=S)=NC(F)(C(F)(F)F)C(F)(F)F. The molecule has 14 heteroatoms. The van der Waals surface area contributed by atoms with Crippen molar-refractivity contribution in [2.24, 2.45) is 8.76 Å². The van der Waals surface area contributed by atoms with E-state index in [1.54, 1.807) is 0 Å². The zero-order chi connectivity index (χ0) is 15.7. The Labute approximate surface area is 105 Å². The molecule has 19 heavy (non-hydrogen) atoms. The standard InChI is InChI=1S/C5F10N2S2/c6-2(3(7,8)9,4(10,11)12)17-19(16-1-18)5(13,14)15. The van der Waals surface area contributed by atoms with Crippen molar-refractivity contribution < 1.29 is 43.9 Å². The molecule has 1 unspecified atom stereocenters. The molecule has 0 saturated carbocycles. The number of hydrogen-bond acceptors (Lipinski definition) is 2. The molecule has 0 amide bonds. The van der Waals surface area contributed by atoms with Crippen LogP contribution in [0.4, 0.5) is 43.9 Å². The van der Waals surface area contributed by atoms with Crippen LogP contribution in [0.5, 0.6) is 0 Å². The minimum Gasteiger partial charge on any atom is -0.196 e. The lowest BCUT2D eigenvalue weighted by Crippen LogP contribution is -2.52. The first-order valence-electron chi connectivity index (χ1n) is 3.61. The summed E-state index contributed by atoms with van der Waals surface area (Å²) in [5.41, 5.74) is -5.76. The van der Waals surface area contributed by atoms with Gasteiger partial charge in [-0.15, -0.1) is 4.40 Å². The van der Waals surface area contributed by atoms with Crippen molar-refractivity contribution in [3.63, 3.8) is 0 Å². The summed E-state index contributed by atoms with van der Waals surface area (Å²) in [6.45, 7) is 0. The predicted molar refractivity (Wildman–Crippen MR) is 46.8 cm³/mol. The van der Waals surface area contributed by atoms with Crippen molar-refractivity contribution in [1.29, 1.82) is 0 Å². The van der Waals surface area contributed by atoms with Gasteiger partial charge in [-0.1, -0.05) is 0 Å². The fourth-order valence-electron chi connectivity index (χ4n) is 0.543. The largest absolute Gasteiger partial charge is 0.473 e. The highest BCUT2D eigenvalue weighted by molar-refractivity contribution is 7.88. The number of rotatable bonds is 2. The molecule has 1 atom stereocenters. The highest BCUT2D eigenvalue weighted by atomic mass is 32.2. The van der Waals surface area contributed by atoms with Gasteiger partial charge in [0.05, 0.1) is 5.16 Å². The van der Waals surface area contributed by atoms with Crippen LogP contribution in [0.15, 0.2) is 8.76 Å². The van der Waals surface area contributed by atoms with Crippen LogP contribution in [0.2, 0.25) is 0 Å². The molecule has 0 rings (SSSR count). The van der Waals surface area contributed by atoms with Crippen molar-refractivity contribution in [2.75, 3.05) is 0 Å². The van der Waals surface area contributed by atoms with Gasteiger partial charge in [0.15, 0.2) is 0 Å². The predicted octanol–water partition coefficient (Wildman–Crippen LogP) is 4.12. The first-order valence-corrected chi connectivity index (χ1v) is 5.16. The van der Waals surface area contributed by atoms with Gasteiger partial charge in [0.25, 0.3) is 0 Å². The fraction of sp³-hybridized carbons (Fsp3) is 0.800. The van der Waals surface area contributed by atoms with E-state index in [0.717, 1.165) is 9.52 Å². The maximum Gasteiger partial charge on any atom is 0.473 e. The quantitative estimate of drug-likeness (QED) is 0.321. The van der Waals surface area contributed by atoms with E-state index in [1.165, 1.54) is 0 Å². The summed E-state index contributed by atoms with van der Waals surface area (Å²) >= 11 is 3.62. The molecule has 0 aliphatic heterocycles. The van der Waals surface area contributed by atoms with Crippen molar-refractivity contribution in [2.45, 2.75) is 23.7 Å². The van der Waals surface area contributed by atoms with E-state index in [1.807, 2.05) is 4.40 Å². The molecule has 0 aromatic heterocycles. The van der Waals surface area contributed by atoms with E-state index >= 15 is 0 Å². The Balaban J connectivity index is 6.14. The average Bonchev–Trinajstić information content (AvgIpc) is 2.11. The van der Waals surface area contributed by atoms with Gasteiger partial charge in [-0.2, -0.15) is 48.3 Å². The summed E-state index contributed by atoms with van der Waals surface area (Å²) in [4.78, 5) is 0. The molecule has 0 N–H and O–H groups in total. The molecule has 0 spiro atoms. The number of nitrogens with zero attached hydrogens (tertiary/aromatic N) is 2. The van der Waals surface area contributed by atoms with Gasteiger partial charge in [0.1, 0.15) is 10.9 Å². The normalized spacial score (nSPS) is 16.1. The summed E-state index contributed by atoms with van der Waals surface area (Å²) in [5.74, 6) is -6.41. The molecule has 0 fully saturated rings. The Bertz CT molecular complexity index is 397. The molecule has 0 bridgehead atoms. The van der Waals surface area contributed by atoms with E-state index < -0.39 is 34.5 Å². The van der Waals surface area contributed by atoms with Crippen LogP contribution < -0.4 is 0 Å². The van der Waals surface area contributed by atoms with Crippen molar-refractivity contribution >= 4 is 28.3 Å². The van der Waals surface area contributed by atoms with Crippen molar-refractivity contribution in [3.05, 3.63) is 0 Å². The van der Waals surface area contributed by atoms with E-state index in [9.17, 15) is 43.9 Å². The van der Waals surface area contributed by atoms with Crippen LogP contribution in [-0.4, -0.2) is 28.8 Å². The van der Waals surface area contributed by atoms with Crippen molar-refractivity contribution in [1.82, 2.24) is 0 Å². The van der Waals surface area contributed by atoms with Crippen LogP contribution in [0.1, 0.15) is 0 Å². The summed E-state index contributed by atoms with van der Waals surface area (Å²) in [7, 11) is -4.28. The highest BCUT2D eigenvalue weighted by Gasteiger charge is 2.74. The second-order valence-electron chi connectivity index (χ2n) is 2.60.